The van der Waals surface area contributed by atoms with Gasteiger partial charge in [0.2, 0.25) is 0 Å². The summed E-state index contributed by atoms with van der Waals surface area (Å²) in [5, 5.41) is 0.193. The molecule has 1 aliphatic heterocycles. The van der Waals surface area contributed by atoms with Crippen LogP contribution in [0.5, 0.6) is 0 Å². The molecule has 6 heteroatoms. The molecule has 0 radical (unpaired) electrons. The Bertz CT molecular complexity index is 706. The van der Waals surface area contributed by atoms with Crippen LogP contribution in [0.2, 0.25) is 0 Å². The minimum absolute atomic E-state index is 0.112. The first-order valence-corrected chi connectivity index (χ1v) is 9.38. The average Bonchev–Trinajstić information content (AvgIpc) is 2.63. The minimum atomic E-state index is -4.32. The fraction of sp³-hybridized carbons (Fsp3) is 0.400. The van der Waals surface area contributed by atoms with Crippen LogP contribution in [0.4, 0.5) is 13.2 Å². The van der Waals surface area contributed by atoms with Gasteiger partial charge in [0.15, 0.2) is 0 Å². The maximum atomic E-state index is 12.9. The van der Waals surface area contributed by atoms with Gasteiger partial charge in [0.1, 0.15) is 6.10 Å². The van der Waals surface area contributed by atoms with Crippen LogP contribution in [0.3, 0.4) is 0 Å². The Morgan fingerprint density at radius 2 is 1.88 bits per heavy atom. The van der Waals surface area contributed by atoms with Crippen LogP contribution < -0.4 is 0 Å². The first-order valence-electron chi connectivity index (χ1n) is 8.50. The lowest BCUT2D eigenvalue weighted by molar-refractivity contribution is -0.137. The second kappa shape index (κ2) is 8.46. The van der Waals surface area contributed by atoms with Gasteiger partial charge in [-0.05, 0) is 36.6 Å². The molecule has 1 fully saturated rings. The van der Waals surface area contributed by atoms with Crippen LogP contribution in [0.1, 0.15) is 30.1 Å². The zero-order chi connectivity index (χ0) is 18.6. The summed E-state index contributed by atoms with van der Waals surface area (Å²) in [5.74, 6) is 0. The number of alkyl halides is 3. The van der Waals surface area contributed by atoms with Crippen molar-refractivity contribution in [2.75, 3.05) is 13.7 Å². The minimum Gasteiger partial charge on any atom is -0.375 e. The fourth-order valence-electron chi connectivity index (χ4n) is 3.20. The third-order valence-electron chi connectivity index (χ3n) is 4.45. The Morgan fingerprint density at radius 1 is 1.12 bits per heavy atom. The molecule has 3 rings (SSSR count). The molecule has 2 nitrogen and oxygen atoms in total. The molecule has 0 bridgehead atoms. The Labute approximate surface area is 155 Å². The zero-order valence-electron chi connectivity index (χ0n) is 14.4. The summed E-state index contributed by atoms with van der Waals surface area (Å²) in [4.78, 5) is 0.638. The Hall–Kier alpha value is -1.50. The van der Waals surface area contributed by atoms with Crippen molar-refractivity contribution in [2.24, 2.45) is 0 Å². The Morgan fingerprint density at radius 3 is 2.58 bits per heavy atom. The molecular weight excluding hydrogens is 361 g/mol. The Balaban J connectivity index is 1.69. The third-order valence-corrected chi connectivity index (χ3v) is 5.74. The molecule has 0 N–H and O–H groups in total. The molecule has 3 unspecified atom stereocenters. The first kappa shape index (κ1) is 19.3. The van der Waals surface area contributed by atoms with E-state index in [-0.39, 0.29) is 17.5 Å². The molecular formula is C20H21F3O2S. The van der Waals surface area contributed by atoms with Gasteiger partial charge in [-0.25, -0.2) is 0 Å². The molecule has 1 saturated heterocycles. The van der Waals surface area contributed by atoms with Crippen molar-refractivity contribution in [3.63, 3.8) is 0 Å². The number of halogens is 3. The third kappa shape index (κ3) is 4.81. The van der Waals surface area contributed by atoms with Crippen LogP contribution in [0, 0.1) is 0 Å². The van der Waals surface area contributed by atoms with E-state index in [1.54, 1.807) is 13.2 Å². The number of benzene rings is 2. The second-order valence-electron chi connectivity index (χ2n) is 6.27. The second-order valence-corrected chi connectivity index (χ2v) is 7.64. The summed E-state index contributed by atoms with van der Waals surface area (Å²) >= 11 is 1.49. The molecule has 0 amide bonds. The van der Waals surface area contributed by atoms with E-state index < -0.39 is 11.7 Å². The van der Waals surface area contributed by atoms with E-state index in [4.69, 9.17) is 9.47 Å². The number of rotatable bonds is 5. The predicted molar refractivity (Wildman–Crippen MR) is 96.3 cm³/mol. The summed E-state index contributed by atoms with van der Waals surface area (Å²) in [6.07, 6.45) is -3.07. The van der Waals surface area contributed by atoms with Crippen molar-refractivity contribution >= 4 is 11.8 Å². The van der Waals surface area contributed by atoms with Crippen LogP contribution in [0.25, 0.3) is 0 Å². The summed E-state index contributed by atoms with van der Waals surface area (Å²) in [6, 6.07) is 15.4. The number of ether oxygens (including phenoxy) is 2. The molecule has 140 valence electrons. The van der Waals surface area contributed by atoms with Gasteiger partial charge in [0, 0.05) is 23.9 Å². The van der Waals surface area contributed by atoms with Crippen molar-refractivity contribution in [3.8, 4) is 0 Å². The molecule has 3 atom stereocenters. The molecule has 2 aromatic carbocycles. The zero-order valence-corrected chi connectivity index (χ0v) is 15.2. The van der Waals surface area contributed by atoms with E-state index in [1.165, 1.54) is 23.9 Å². The number of thioether (sulfide) groups is 1. The standard InChI is InChI=1S/C20H21F3O2S/c1-24-19(14-6-3-2-4-7-14)18-13-17(10-11-25-18)26-16-9-5-8-15(12-16)20(21,22)23/h2-9,12,17-19H,10-11,13H2,1H3. The lowest BCUT2D eigenvalue weighted by atomic mass is 9.98. The maximum Gasteiger partial charge on any atom is 0.416 e. The lowest BCUT2D eigenvalue weighted by Crippen LogP contribution is -2.33. The molecule has 1 heterocycles. The van der Waals surface area contributed by atoms with E-state index >= 15 is 0 Å². The fourth-order valence-corrected chi connectivity index (χ4v) is 4.43. The quantitative estimate of drug-likeness (QED) is 0.658. The summed E-state index contributed by atoms with van der Waals surface area (Å²) < 4.78 is 50.3. The number of hydrogen-bond acceptors (Lipinski definition) is 3. The van der Waals surface area contributed by atoms with Gasteiger partial charge < -0.3 is 9.47 Å². The first-order chi connectivity index (χ1) is 12.5. The predicted octanol–water partition coefficient (Wildman–Crippen LogP) is 5.73. The normalized spacial score (nSPS) is 22.2. The maximum absolute atomic E-state index is 12.9. The summed E-state index contributed by atoms with van der Waals surface area (Å²) in [7, 11) is 1.66. The SMILES string of the molecule is COC(c1ccccc1)C1CC(Sc2cccc(C(F)(F)F)c2)CCO1. The topological polar surface area (TPSA) is 18.5 Å². The molecule has 0 aliphatic carbocycles. The summed E-state index contributed by atoms with van der Waals surface area (Å²) in [6.45, 7) is 0.577. The number of methoxy groups -OCH3 is 1. The van der Waals surface area contributed by atoms with E-state index in [1.807, 2.05) is 30.3 Å². The number of hydrogen-bond donors (Lipinski definition) is 0. The van der Waals surface area contributed by atoms with Crippen LogP contribution in [0.15, 0.2) is 59.5 Å². The van der Waals surface area contributed by atoms with Gasteiger partial charge in [0.05, 0.1) is 11.7 Å². The highest BCUT2D eigenvalue weighted by atomic mass is 32.2. The molecule has 0 spiro atoms. The Kier molecular flexibility index (Phi) is 6.27. The van der Waals surface area contributed by atoms with Crippen molar-refractivity contribution in [2.45, 2.75) is 41.4 Å². The molecule has 2 aromatic rings. The van der Waals surface area contributed by atoms with Crippen molar-refractivity contribution in [1.29, 1.82) is 0 Å². The van der Waals surface area contributed by atoms with Crippen molar-refractivity contribution in [3.05, 3.63) is 65.7 Å². The van der Waals surface area contributed by atoms with Crippen LogP contribution >= 0.6 is 11.8 Å². The molecule has 0 saturated carbocycles. The van der Waals surface area contributed by atoms with E-state index in [9.17, 15) is 13.2 Å². The van der Waals surface area contributed by atoms with Crippen LogP contribution in [-0.2, 0) is 15.7 Å². The molecule has 1 aliphatic rings. The van der Waals surface area contributed by atoms with Gasteiger partial charge in [-0.3, -0.25) is 0 Å². The highest BCUT2D eigenvalue weighted by molar-refractivity contribution is 8.00. The highest BCUT2D eigenvalue weighted by Crippen LogP contribution is 2.38. The monoisotopic (exact) mass is 382 g/mol. The average molecular weight is 382 g/mol. The van der Waals surface area contributed by atoms with Crippen molar-refractivity contribution < 1.29 is 22.6 Å². The van der Waals surface area contributed by atoms with Gasteiger partial charge in [-0.15, -0.1) is 11.8 Å². The van der Waals surface area contributed by atoms with Crippen LogP contribution in [-0.4, -0.2) is 25.1 Å². The summed E-state index contributed by atoms with van der Waals surface area (Å²) in [5.41, 5.74) is 0.440. The smallest absolute Gasteiger partial charge is 0.375 e. The largest absolute Gasteiger partial charge is 0.416 e. The van der Waals surface area contributed by atoms with Gasteiger partial charge in [-0.2, -0.15) is 13.2 Å². The van der Waals surface area contributed by atoms with Gasteiger partial charge in [0.25, 0.3) is 0 Å². The van der Waals surface area contributed by atoms with Gasteiger partial charge in [-0.1, -0.05) is 36.4 Å². The highest BCUT2D eigenvalue weighted by Gasteiger charge is 2.33. The van der Waals surface area contributed by atoms with Gasteiger partial charge >= 0.3 is 6.18 Å². The lowest BCUT2D eigenvalue weighted by Gasteiger charge is -2.34. The van der Waals surface area contributed by atoms with Crippen molar-refractivity contribution in [1.82, 2.24) is 0 Å². The van der Waals surface area contributed by atoms with E-state index in [0.717, 1.165) is 24.5 Å². The van der Waals surface area contributed by atoms with E-state index in [2.05, 4.69) is 0 Å². The molecule has 0 aromatic heterocycles. The van der Waals surface area contributed by atoms with E-state index in [0.29, 0.717) is 11.5 Å². The molecule has 26 heavy (non-hydrogen) atoms.